The van der Waals surface area contributed by atoms with E-state index in [1.54, 1.807) is 32.2 Å². The number of aryl methyl sites for hydroxylation is 2. The van der Waals surface area contributed by atoms with E-state index in [1.165, 1.54) is 51.0 Å². The molecule has 0 saturated carbocycles. The molecule has 0 bridgehead atoms. The van der Waals surface area contributed by atoms with E-state index in [0.29, 0.717) is 11.5 Å². The van der Waals surface area contributed by atoms with E-state index < -0.39 is 22.1 Å². The van der Waals surface area contributed by atoms with Crippen molar-refractivity contribution in [2.24, 2.45) is 17.8 Å². The van der Waals surface area contributed by atoms with Gasteiger partial charge < -0.3 is 18.9 Å². The molecule has 286 valence electrons. The highest BCUT2D eigenvalue weighted by Crippen LogP contribution is 2.40. The fourth-order valence-corrected chi connectivity index (χ4v) is 7.27. The lowest BCUT2D eigenvalue weighted by Gasteiger charge is -2.37. The van der Waals surface area contributed by atoms with Crippen molar-refractivity contribution in [3.8, 4) is 17.2 Å². The number of methoxy groups -OCH3 is 1. The summed E-state index contributed by atoms with van der Waals surface area (Å²) in [5, 5.41) is 0. The fraction of sp³-hybridized carbons (Fsp3) is 0.643. The van der Waals surface area contributed by atoms with Gasteiger partial charge in [-0.05, 0) is 111 Å². The van der Waals surface area contributed by atoms with Crippen LogP contribution in [0.3, 0.4) is 0 Å². The van der Waals surface area contributed by atoms with Crippen molar-refractivity contribution < 1.29 is 32.2 Å². The molecule has 0 aliphatic carbocycles. The lowest BCUT2D eigenvalue weighted by molar-refractivity contribution is -0.144. The minimum Gasteiger partial charge on any atom is -0.497 e. The summed E-state index contributed by atoms with van der Waals surface area (Å²) in [5.74, 6) is 3.98. The van der Waals surface area contributed by atoms with Crippen LogP contribution in [0, 0.1) is 24.7 Å². The van der Waals surface area contributed by atoms with Gasteiger partial charge in [-0.15, -0.1) is 0 Å². The summed E-state index contributed by atoms with van der Waals surface area (Å²) in [4.78, 5) is 12.7. The number of hydrogen-bond donors (Lipinski definition) is 1. The van der Waals surface area contributed by atoms with Crippen molar-refractivity contribution in [2.45, 2.75) is 131 Å². The van der Waals surface area contributed by atoms with Gasteiger partial charge in [0, 0.05) is 6.08 Å². The summed E-state index contributed by atoms with van der Waals surface area (Å²) >= 11 is 0. The first-order valence-electron chi connectivity index (χ1n) is 19.2. The molecule has 9 heteroatoms. The van der Waals surface area contributed by atoms with Crippen molar-refractivity contribution in [3.63, 3.8) is 0 Å². The third-order valence-electron chi connectivity index (χ3n) is 10.0. The Morgan fingerprint density at radius 1 is 0.961 bits per heavy atom. The van der Waals surface area contributed by atoms with Gasteiger partial charge in [0.15, 0.2) is 0 Å². The van der Waals surface area contributed by atoms with Gasteiger partial charge >= 0.3 is 5.97 Å². The quantitative estimate of drug-likeness (QED) is 0.0899. The smallest absolute Gasteiger partial charge is 0.331 e. The van der Waals surface area contributed by atoms with Crippen LogP contribution in [-0.2, 0) is 26.0 Å². The van der Waals surface area contributed by atoms with Crippen LogP contribution in [-0.4, -0.2) is 52.1 Å². The Hall–Kier alpha value is -3.04. The predicted octanol–water partition coefficient (Wildman–Crippen LogP) is 9.47. The summed E-state index contributed by atoms with van der Waals surface area (Å²) in [6, 6.07) is 11.2. The lowest BCUT2D eigenvalue weighted by atomic mass is 9.85. The highest BCUT2D eigenvalue weighted by atomic mass is 32.2. The summed E-state index contributed by atoms with van der Waals surface area (Å²) in [5.41, 5.74) is 2.70. The number of rotatable bonds is 23. The van der Waals surface area contributed by atoms with Gasteiger partial charge in [0.25, 0.3) is 0 Å². The lowest BCUT2D eigenvalue weighted by Crippen LogP contribution is -2.38. The van der Waals surface area contributed by atoms with Crippen LogP contribution in [0.15, 0.2) is 42.5 Å². The first-order chi connectivity index (χ1) is 24.2. The molecule has 1 aliphatic heterocycles. The zero-order valence-corrected chi connectivity index (χ0v) is 33.4. The van der Waals surface area contributed by atoms with E-state index in [4.69, 9.17) is 18.9 Å². The molecule has 4 atom stereocenters. The molecule has 0 amide bonds. The van der Waals surface area contributed by atoms with E-state index in [9.17, 15) is 13.2 Å². The van der Waals surface area contributed by atoms with Crippen molar-refractivity contribution in [1.82, 2.24) is 4.72 Å². The van der Waals surface area contributed by atoms with Crippen LogP contribution in [0.1, 0.15) is 122 Å². The second-order valence-electron chi connectivity index (χ2n) is 15.4. The van der Waals surface area contributed by atoms with Gasteiger partial charge in [0.1, 0.15) is 35.6 Å². The number of hydrogen-bond acceptors (Lipinski definition) is 7. The molecule has 2 aromatic rings. The van der Waals surface area contributed by atoms with Crippen LogP contribution in [0.2, 0.25) is 0 Å². The monoisotopic (exact) mass is 727 g/mol. The van der Waals surface area contributed by atoms with Gasteiger partial charge in [-0.25, -0.2) is 17.9 Å². The largest absolute Gasteiger partial charge is 0.497 e. The molecule has 0 radical (unpaired) electrons. The Bertz CT molecular complexity index is 1490. The SMILES string of the molecule is CCS(=O)(=O)NCC(COc1cc(C)c2c(c1)CCC(C)(CCCC(C)CCCC(C)CCCC(C)C)O2)OC(=O)/C=C/c1ccc(OC)cc1. The highest BCUT2D eigenvalue weighted by molar-refractivity contribution is 7.89. The number of carbonyl (C=O) groups is 1. The Balaban J connectivity index is 1.51. The average Bonchev–Trinajstić information content (AvgIpc) is 3.09. The maximum absolute atomic E-state index is 12.7. The Kier molecular flexibility index (Phi) is 17.3. The Morgan fingerprint density at radius 3 is 2.24 bits per heavy atom. The van der Waals surface area contributed by atoms with E-state index in [2.05, 4.69) is 39.3 Å². The maximum Gasteiger partial charge on any atom is 0.331 e. The topological polar surface area (TPSA) is 100 Å². The first kappa shape index (κ1) is 42.4. The Morgan fingerprint density at radius 2 is 1.61 bits per heavy atom. The van der Waals surface area contributed by atoms with Crippen molar-refractivity contribution in [1.29, 1.82) is 0 Å². The molecule has 8 nitrogen and oxygen atoms in total. The van der Waals surface area contributed by atoms with Gasteiger partial charge in [0.2, 0.25) is 10.0 Å². The third-order valence-corrected chi connectivity index (χ3v) is 11.4. The molecule has 0 spiro atoms. The number of nitrogens with one attached hydrogen (secondary N) is 1. The summed E-state index contributed by atoms with van der Waals surface area (Å²) in [6.07, 6.45) is 15.4. The maximum atomic E-state index is 12.7. The summed E-state index contributed by atoms with van der Waals surface area (Å²) in [7, 11) is -1.90. The predicted molar refractivity (Wildman–Crippen MR) is 208 cm³/mol. The number of fused-ring (bicyclic) bond motifs is 1. The minimum absolute atomic E-state index is 0.0135. The van der Waals surface area contributed by atoms with Crippen molar-refractivity contribution in [3.05, 3.63) is 59.2 Å². The van der Waals surface area contributed by atoms with Crippen LogP contribution in [0.5, 0.6) is 17.2 Å². The minimum atomic E-state index is -3.49. The number of esters is 1. The Labute approximate surface area is 309 Å². The molecule has 0 saturated heterocycles. The summed E-state index contributed by atoms with van der Waals surface area (Å²) < 4.78 is 50.4. The molecule has 4 unspecified atom stereocenters. The fourth-order valence-electron chi connectivity index (χ4n) is 6.63. The molecule has 1 aliphatic rings. The van der Waals surface area contributed by atoms with Crippen molar-refractivity contribution >= 4 is 22.1 Å². The number of benzene rings is 2. The zero-order valence-electron chi connectivity index (χ0n) is 32.6. The van der Waals surface area contributed by atoms with Gasteiger partial charge in [-0.3, -0.25) is 0 Å². The molecular formula is C42H65NO7S. The second kappa shape index (κ2) is 20.9. The number of carbonyl (C=O) groups excluding carboxylic acids is 1. The van der Waals surface area contributed by atoms with Crippen LogP contribution >= 0.6 is 0 Å². The molecule has 0 aromatic heterocycles. The van der Waals surface area contributed by atoms with Gasteiger partial charge in [-0.2, -0.15) is 0 Å². The third kappa shape index (κ3) is 15.6. The molecule has 1 heterocycles. The average molecular weight is 728 g/mol. The molecule has 2 aromatic carbocycles. The number of sulfonamides is 1. The molecular weight excluding hydrogens is 663 g/mol. The van der Waals surface area contributed by atoms with Crippen LogP contribution in [0.25, 0.3) is 6.08 Å². The molecule has 3 rings (SSSR count). The van der Waals surface area contributed by atoms with Gasteiger partial charge in [-0.1, -0.05) is 84.8 Å². The van der Waals surface area contributed by atoms with Crippen LogP contribution < -0.4 is 18.9 Å². The highest BCUT2D eigenvalue weighted by Gasteiger charge is 2.32. The second-order valence-corrected chi connectivity index (χ2v) is 17.5. The standard InChI is InChI=1S/C42H65NO7S/c1-9-51(45,46)43-29-39(49-40(44)23-20-35-18-21-37(47-8)22-19-35)30-48-38-27-34(6)41-36(28-38)24-26-42(7,50-41)25-12-17-33(5)16-11-15-32(4)14-10-13-31(2)3/h18-23,27-28,31-33,39,43H,9-17,24-26,29-30H2,1-8H3/b23-20+. The molecule has 51 heavy (non-hydrogen) atoms. The van der Waals surface area contributed by atoms with E-state index in [0.717, 1.165) is 65.9 Å². The number of ether oxygens (including phenoxy) is 4. The van der Waals surface area contributed by atoms with E-state index in [-0.39, 0.29) is 24.5 Å². The molecule has 0 fully saturated rings. The van der Waals surface area contributed by atoms with Crippen molar-refractivity contribution in [2.75, 3.05) is 26.0 Å². The normalized spacial score (nSPS) is 17.8. The van der Waals surface area contributed by atoms with E-state index in [1.807, 2.05) is 31.2 Å². The summed E-state index contributed by atoms with van der Waals surface area (Å²) in [6.45, 7) is 15.2. The van der Waals surface area contributed by atoms with E-state index >= 15 is 0 Å². The zero-order chi connectivity index (χ0) is 37.4. The van der Waals surface area contributed by atoms with Gasteiger partial charge in [0.05, 0.1) is 19.4 Å². The van der Waals surface area contributed by atoms with Crippen LogP contribution in [0.4, 0.5) is 0 Å². The molecule has 1 N–H and O–H groups in total. The first-order valence-corrected chi connectivity index (χ1v) is 20.8.